The number of anilines is 1. The van der Waals surface area contributed by atoms with Crippen LogP contribution in [0.1, 0.15) is 16.2 Å². The van der Waals surface area contributed by atoms with E-state index < -0.39 is 5.91 Å². The Labute approximate surface area is 164 Å². The Morgan fingerprint density at radius 3 is 2.42 bits per heavy atom. The lowest BCUT2D eigenvalue weighted by molar-refractivity contribution is 0.102. The second-order valence-electron chi connectivity index (χ2n) is 5.39. The van der Waals surface area contributed by atoms with Gasteiger partial charge in [0.1, 0.15) is 17.2 Å². The summed E-state index contributed by atoms with van der Waals surface area (Å²) in [7, 11) is 2.96. The topological polar surface area (TPSA) is 64.9 Å². The number of benzene rings is 1. The molecule has 6 nitrogen and oxygen atoms in total. The summed E-state index contributed by atoms with van der Waals surface area (Å²) in [6.07, 6.45) is 1.58. The number of imidazole rings is 1. The molecular formula is C17H14Cl3N3O3. The first-order valence-electron chi connectivity index (χ1n) is 7.42. The van der Waals surface area contributed by atoms with Crippen LogP contribution in [0.25, 0.3) is 5.65 Å². The van der Waals surface area contributed by atoms with Crippen LogP contribution in [0.3, 0.4) is 0 Å². The highest BCUT2D eigenvalue weighted by molar-refractivity contribution is 6.36. The van der Waals surface area contributed by atoms with Gasteiger partial charge in [0.15, 0.2) is 5.65 Å². The Morgan fingerprint density at radius 2 is 1.77 bits per heavy atom. The SMILES string of the molecule is COc1cc(NC(=O)c2c(C)nc3c(Cl)cc(Cl)cn23)c(OC)cc1Cl. The number of pyridine rings is 1. The maximum absolute atomic E-state index is 12.9. The minimum atomic E-state index is -0.406. The molecule has 136 valence electrons. The molecule has 0 atom stereocenters. The Morgan fingerprint density at radius 1 is 1.08 bits per heavy atom. The molecule has 0 saturated carbocycles. The second kappa shape index (κ2) is 7.23. The fraction of sp³-hybridized carbons (Fsp3) is 0.176. The van der Waals surface area contributed by atoms with Crippen molar-refractivity contribution in [2.75, 3.05) is 19.5 Å². The zero-order valence-corrected chi connectivity index (χ0v) is 16.3. The molecule has 2 aromatic heterocycles. The summed E-state index contributed by atoms with van der Waals surface area (Å²) in [5, 5.41) is 3.90. The van der Waals surface area contributed by atoms with Crippen molar-refractivity contribution in [2.45, 2.75) is 6.92 Å². The summed E-state index contributed by atoms with van der Waals surface area (Å²) in [5.74, 6) is 0.395. The first-order valence-corrected chi connectivity index (χ1v) is 8.55. The van der Waals surface area contributed by atoms with Gasteiger partial charge in [-0.05, 0) is 13.0 Å². The van der Waals surface area contributed by atoms with Gasteiger partial charge >= 0.3 is 0 Å². The van der Waals surface area contributed by atoms with Gasteiger partial charge in [-0.15, -0.1) is 0 Å². The fourth-order valence-corrected chi connectivity index (χ4v) is 3.34. The van der Waals surface area contributed by atoms with Crippen LogP contribution in [0.4, 0.5) is 5.69 Å². The second-order valence-corrected chi connectivity index (χ2v) is 6.64. The summed E-state index contributed by atoms with van der Waals surface area (Å²) in [6.45, 7) is 1.71. The number of carbonyl (C=O) groups excluding carboxylic acids is 1. The minimum absolute atomic E-state index is 0.306. The zero-order chi connectivity index (χ0) is 19.0. The van der Waals surface area contributed by atoms with Crippen LogP contribution in [0.15, 0.2) is 24.4 Å². The quantitative estimate of drug-likeness (QED) is 0.661. The van der Waals surface area contributed by atoms with E-state index in [1.165, 1.54) is 14.2 Å². The highest BCUT2D eigenvalue weighted by atomic mass is 35.5. The van der Waals surface area contributed by atoms with E-state index in [-0.39, 0.29) is 0 Å². The number of hydrogen-bond acceptors (Lipinski definition) is 4. The van der Waals surface area contributed by atoms with Crippen molar-refractivity contribution in [3.8, 4) is 11.5 Å². The van der Waals surface area contributed by atoms with Crippen molar-refractivity contribution in [3.05, 3.63) is 50.9 Å². The average Bonchev–Trinajstić information content (AvgIpc) is 2.92. The number of fused-ring (bicyclic) bond motifs is 1. The summed E-state index contributed by atoms with van der Waals surface area (Å²) in [6, 6.07) is 4.71. The number of nitrogens with zero attached hydrogens (tertiary/aromatic N) is 2. The maximum Gasteiger partial charge on any atom is 0.274 e. The summed E-state index contributed by atoms with van der Waals surface area (Å²) >= 11 is 18.3. The molecule has 0 aliphatic carbocycles. The molecule has 0 saturated heterocycles. The van der Waals surface area contributed by atoms with Crippen molar-refractivity contribution in [3.63, 3.8) is 0 Å². The summed E-state index contributed by atoms with van der Waals surface area (Å²) < 4.78 is 12.0. The molecule has 0 aliphatic heterocycles. The third-order valence-electron chi connectivity index (χ3n) is 3.75. The van der Waals surface area contributed by atoms with Crippen molar-refractivity contribution in [2.24, 2.45) is 0 Å². The van der Waals surface area contributed by atoms with E-state index in [4.69, 9.17) is 44.3 Å². The molecule has 26 heavy (non-hydrogen) atoms. The first-order chi connectivity index (χ1) is 12.3. The van der Waals surface area contributed by atoms with E-state index in [0.717, 1.165) is 0 Å². The summed E-state index contributed by atoms with van der Waals surface area (Å²) in [5.41, 5.74) is 1.66. The zero-order valence-electron chi connectivity index (χ0n) is 14.1. The molecule has 1 N–H and O–H groups in total. The van der Waals surface area contributed by atoms with E-state index in [1.54, 1.807) is 35.7 Å². The Hall–Kier alpha value is -2.15. The molecule has 3 rings (SSSR count). The Balaban J connectivity index is 2.07. The molecule has 1 amide bonds. The number of ether oxygens (including phenoxy) is 2. The van der Waals surface area contributed by atoms with Gasteiger partial charge in [-0.2, -0.15) is 0 Å². The normalized spacial score (nSPS) is 10.8. The van der Waals surface area contributed by atoms with Crippen LogP contribution in [0, 0.1) is 6.92 Å². The number of rotatable bonds is 4. The molecule has 0 unspecified atom stereocenters. The number of amides is 1. The van der Waals surface area contributed by atoms with Gasteiger partial charge < -0.3 is 14.8 Å². The first kappa shape index (κ1) is 18.6. The molecular weight excluding hydrogens is 401 g/mol. The summed E-state index contributed by atoms with van der Waals surface area (Å²) in [4.78, 5) is 17.2. The molecule has 2 heterocycles. The molecule has 0 fully saturated rings. The molecule has 3 aromatic rings. The molecule has 1 aromatic carbocycles. The van der Waals surface area contributed by atoms with E-state index in [1.807, 2.05) is 0 Å². The number of halogens is 3. The number of aryl methyl sites for hydroxylation is 1. The maximum atomic E-state index is 12.9. The standard InChI is InChI=1S/C17H14Cl3N3O3/c1-8-15(23-7-9(18)4-11(20)16(23)21-8)17(24)22-12-6-13(25-2)10(19)5-14(12)26-3/h4-7H,1-3H3,(H,22,24). The van der Waals surface area contributed by atoms with Gasteiger partial charge in [-0.25, -0.2) is 4.98 Å². The Kier molecular flexibility index (Phi) is 5.18. The van der Waals surface area contributed by atoms with Gasteiger partial charge in [0.05, 0.1) is 40.7 Å². The van der Waals surface area contributed by atoms with Crippen LogP contribution in [0.5, 0.6) is 11.5 Å². The average molecular weight is 415 g/mol. The van der Waals surface area contributed by atoms with Gasteiger partial charge in [0, 0.05) is 18.3 Å². The van der Waals surface area contributed by atoms with Gasteiger partial charge in [0.2, 0.25) is 0 Å². The number of hydrogen-bond donors (Lipinski definition) is 1. The third kappa shape index (κ3) is 3.28. The molecule has 0 bridgehead atoms. The Bertz CT molecular complexity index is 1020. The van der Waals surface area contributed by atoms with Crippen LogP contribution >= 0.6 is 34.8 Å². The van der Waals surface area contributed by atoms with Crippen molar-refractivity contribution in [1.29, 1.82) is 0 Å². The molecule has 9 heteroatoms. The fourth-order valence-electron chi connectivity index (χ4n) is 2.60. The van der Waals surface area contributed by atoms with Gasteiger partial charge in [0.25, 0.3) is 5.91 Å². The van der Waals surface area contributed by atoms with Crippen molar-refractivity contribution < 1.29 is 14.3 Å². The van der Waals surface area contributed by atoms with Crippen LogP contribution < -0.4 is 14.8 Å². The number of carbonyl (C=O) groups is 1. The molecule has 0 aliphatic rings. The van der Waals surface area contributed by atoms with E-state index in [2.05, 4.69) is 10.3 Å². The van der Waals surface area contributed by atoms with E-state index >= 15 is 0 Å². The van der Waals surface area contributed by atoms with Gasteiger partial charge in [-0.3, -0.25) is 9.20 Å². The van der Waals surface area contributed by atoms with E-state index in [9.17, 15) is 4.79 Å². The predicted molar refractivity (Wildman–Crippen MR) is 102 cm³/mol. The predicted octanol–water partition coefficient (Wildman–Crippen LogP) is 4.87. The molecule has 0 spiro atoms. The third-order valence-corrected chi connectivity index (χ3v) is 4.53. The lowest BCUT2D eigenvalue weighted by Gasteiger charge is -2.13. The number of nitrogens with one attached hydrogen (secondary N) is 1. The lowest BCUT2D eigenvalue weighted by Crippen LogP contribution is -2.16. The largest absolute Gasteiger partial charge is 0.495 e. The number of aromatic nitrogens is 2. The van der Waals surface area contributed by atoms with Crippen molar-refractivity contribution >= 4 is 52.0 Å². The highest BCUT2D eigenvalue weighted by Crippen LogP contribution is 2.36. The number of methoxy groups -OCH3 is 2. The van der Waals surface area contributed by atoms with Crippen LogP contribution in [0.2, 0.25) is 15.1 Å². The van der Waals surface area contributed by atoms with Crippen LogP contribution in [-0.2, 0) is 0 Å². The monoisotopic (exact) mass is 413 g/mol. The van der Waals surface area contributed by atoms with Crippen LogP contribution in [-0.4, -0.2) is 29.5 Å². The smallest absolute Gasteiger partial charge is 0.274 e. The molecule has 0 radical (unpaired) electrons. The van der Waals surface area contributed by atoms with E-state index in [0.29, 0.717) is 49.3 Å². The lowest BCUT2D eigenvalue weighted by atomic mass is 10.2. The van der Waals surface area contributed by atoms with Crippen molar-refractivity contribution in [1.82, 2.24) is 9.38 Å². The minimum Gasteiger partial charge on any atom is -0.495 e. The van der Waals surface area contributed by atoms with Gasteiger partial charge in [-0.1, -0.05) is 34.8 Å². The highest BCUT2D eigenvalue weighted by Gasteiger charge is 2.21.